The van der Waals surface area contributed by atoms with Gasteiger partial charge in [-0.25, -0.2) is 4.39 Å². The summed E-state index contributed by atoms with van der Waals surface area (Å²) in [7, 11) is 0. The average molecular weight is 477 g/mol. The Morgan fingerprint density at radius 1 is 1.14 bits per heavy atom. The van der Waals surface area contributed by atoms with Crippen molar-refractivity contribution in [3.63, 3.8) is 0 Å². The molecule has 5 rings (SSSR count). The van der Waals surface area contributed by atoms with Gasteiger partial charge in [0.2, 0.25) is 5.91 Å². The Morgan fingerprint density at radius 2 is 1.94 bits per heavy atom. The second-order valence-electron chi connectivity index (χ2n) is 9.23. The van der Waals surface area contributed by atoms with Crippen LogP contribution in [0.15, 0.2) is 65.6 Å². The van der Waals surface area contributed by atoms with Gasteiger partial charge in [-0.3, -0.25) is 19.5 Å². The number of carbonyl (C=O) groups is 1. The zero-order valence-corrected chi connectivity index (χ0v) is 19.6. The van der Waals surface area contributed by atoms with E-state index in [1.165, 1.54) is 6.07 Å². The minimum absolute atomic E-state index is 0.161. The third kappa shape index (κ3) is 4.06. The van der Waals surface area contributed by atoms with Gasteiger partial charge in [0.15, 0.2) is 0 Å². The fraction of sp³-hybridized carbons (Fsp3) is 0.370. The molecule has 1 amide bonds. The maximum Gasteiger partial charge on any atom is 0.258 e. The highest BCUT2D eigenvalue weighted by Crippen LogP contribution is 2.48. The Hall–Kier alpha value is -3.36. The van der Waals surface area contributed by atoms with Crippen LogP contribution in [0, 0.1) is 17.7 Å². The molecule has 182 valence electrons. The Kier molecular flexibility index (Phi) is 6.49. The molecule has 1 aromatic carbocycles. The van der Waals surface area contributed by atoms with Gasteiger partial charge < -0.3 is 15.0 Å². The van der Waals surface area contributed by atoms with Crippen molar-refractivity contribution in [2.24, 2.45) is 11.8 Å². The summed E-state index contributed by atoms with van der Waals surface area (Å²) in [5.41, 5.74) is 1.77. The molecule has 2 aromatic heterocycles. The molecular weight excluding hydrogens is 447 g/mol. The molecule has 4 atom stereocenters. The minimum Gasteiger partial charge on any atom is -0.396 e. The van der Waals surface area contributed by atoms with E-state index in [1.54, 1.807) is 35.0 Å². The average Bonchev–Trinajstić information content (AvgIpc) is 3.08. The predicted octanol–water partition coefficient (Wildman–Crippen LogP) is 2.74. The highest BCUT2D eigenvalue weighted by atomic mass is 19.1. The van der Waals surface area contributed by atoms with Crippen molar-refractivity contribution in [3.05, 3.63) is 88.4 Å². The highest BCUT2D eigenvalue weighted by molar-refractivity contribution is 5.80. The summed E-state index contributed by atoms with van der Waals surface area (Å²) in [4.78, 5) is 33.6. The number of aliphatic hydroxyl groups excluding tert-OH is 1. The number of benzene rings is 1. The van der Waals surface area contributed by atoms with Crippen LogP contribution in [-0.4, -0.2) is 44.7 Å². The van der Waals surface area contributed by atoms with E-state index in [0.29, 0.717) is 18.7 Å². The predicted molar refractivity (Wildman–Crippen MR) is 130 cm³/mol. The smallest absolute Gasteiger partial charge is 0.258 e. The molecule has 3 aromatic rings. The first-order chi connectivity index (χ1) is 17.0. The van der Waals surface area contributed by atoms with Crippen molar-refractivity contribution in [3.8, 4) is 11.1 Å². The van der Waals surface area contributed by atoms with Crippen LogP contribution in [0.2, 0.25) is 0 Å². The monoisotopic (exact) mass is 476 g/mol. The third-order valence-electron chi connectivity index (χ3n) is 7.29. The van der Waals surface area contributed by atoms with Crippen LogP contribution in [0.3, 0.4) is 0 Å². The molecule has 0 radical (unpaired) electrons. The van der Waals surface area contributed by atoms with Crippen molar-refractivity contribution in [1.82, 2.24) is 19.8 Å². The second-order valence-corrected chi connectivity index (χ2v) is 9.23. The van der Waals surface area contributed by atoms with Gasteiger partial charge in [0.25, 0.3) is 5.56 Å². The van der Waals surface area contributed by atoms with Crippen molar-refractivity contribution in [2.45, 2.75) is 38.5 Å². The number of aliphatic hydroxyl groups is 1. The van der Waals surface area contributed by atoms with Crippen molar-refractivity contribution in [2.75, 3.05) is 13.2 Å². The first kappa shape index (κ1) is 23.4. The molecule has 0 aliphatic carbocycles. The van der Waals surface area contributed by atoms with Crippen molar-refractivity contribution >= 4 is 5.91 Å². The van der Waals surface area contributed by atoms with E-state index in [4.69, 9.17) is 0 Å². The van der Waals surface area contributed by atoms with Crippen LogP contribution >= 0.6 is 0 Å². The standard InChI is InChI=1S/C27H29FN4O3/c1-2-13-31-23-15-32-22(11-10-19(27(32)35)18-8-3-4-9-21(18)28)25(31)24(20(23)16-33)26(34)30-14-17-7-5-6-12-29-17/h3-12,20,23-25,33H,2,13-16H2,1H3,(H,30,34)/t20-,23-,24+,25+/m0/s1. The molecule has 2 bridgehead atoms. The maximum atomic E-state index is 14.5. The molecule has 0 saturated carbocycles. The lowest BCUT2D eigenvalue weighted by atomic mass is 9.86. The second kappa shape index (κ2) is 9.71. The van der Waals surface area contributed by atoms with E-state index in [9.17, 15) is 19.1 Å². The lowest BCUT2D eigenvalue weighted by Crippen LogP contribution is -2.47. The van der Waals surface area contributed by atoms with E-state index in [0.717, 1.165) is 24.4 Å². The summed E-state index contributed by atoms with van der Waals surface area (Å²) < 4.78 is 16.2. The summed E-state index contributed by atoms with van der Waals surface area (Å²) >= 11 is 0. The summed E-state index contributed by atoms with van der Waals surface area (Å²) in [5.74, 6) is -1.46. The Bertz CT molecular complexity index is 1280. The Morgan fingerprint density at radius 3 is 2.66 bits per heavy atom. The minimum atomic E-state index is -0.521. The first-order valence-corrected chi connectivity index (χ1v) is 12.1. The molecule has 1 saturated heterocycles. The number of hydrogen-bond donors (Lipinski definition) is 2. The van der Waals surface area contributed by atoms with Crippen LogP contribution < -0.4 is 10.9 Å². The van der Waals surface area contributed by atoms with Gasteiger partial charge in [0, 0.05) is 42.6 Å². The van der Waals surface area contributed by atoms with E-state index in [-0.39, 0.29) is 41.6 Å². The zero-order chi connectivity index (χ0) is 24.5. The van der Waals surface area contributed by atoms with Gasteiger partial charge in [0.05, 0.1) is 29.8 Å². The molecule has 2 aliphatic heterocycles. The lowest BCUT2D eigenvalue weighted by Gasteiger charge is -2.38. The number of pyridine rings is 2. The molecule has 1 fully saturated rings. The summed E-state index contributed by atoms with van der Waals surface area (Å²) in [6, 6.07) is 14.8. The van der Waals surface area contributed by atoms with E-state index in [2.05, 4.69) is 22.1 Å². The Labute approximate surface area is 203 Å². The highest BCUT2D eigenvalue weighted by Gasteiger charge is 2.55. The van der Waals surface area contributed by atoms with E-state index in [1.807, 2.05) is 24.3 Å². The number of carbonyl (C=O) groups excluding carboxylic acids is 1. The molecule has 7 nitrogen and oxygen atoms in total. The number of hydrogen-bond acceptors (Lipinski definition) is 5. The SMILES string of the molecule is CCCN1[C@@H]2c3ccc(-c4ccccc4F)c(=O)n3C[C@H]1[C@H](CO)[C@H]2C(=O)NCc1ccccn1. The molecular formula is C27H29FN4O3. The number of nitrogens with zero attached hydrogens (tertiary/aromatic N) is 3. The molecule has 4 heterocycles. The third-order valence-corrected chi connectivity index (χ3v) is 7.29. The number of halogens is 1. The van der Waals surface area contributed by atoms with E-state index >= 15 is 0 Å². The largest absolute Gasteiger partial charge is 0.396 e. The number of amides is 1. The molecule has 0 spiro atoms. The fourth-order valence-electron chi connectivity index (χ4n) is 5.77. The molecule has 2 N–H and O–H groups in total. The first-order valence-electron chi connectivity index (χ1n) is 12.1. The summed E-state index contributed by atoms with van der Waals surface area (Å²) in [5, 5.41) is 13.4. The van der Waals surface area contributed by atoms with Crippen LogP contribution in [0.1, 0.15) is 30.8 Å². The van der Waals surface area contributed by atoms with Gasteiger partial charge in [-0.1, -0.05) is 31.2 Å². The lowest BCUT2D eigenvalue weighted by molar-refractivity contribution is -0.127. The van der Waals surface area contributed by atoms with Crippen molar-refractivity contribution in [1.29, 1.82) is 0 Å². The van der Waals surface area contributed by atoms with Crippen LogP contribution in [0.25, 0.3) is 11.1 Å². The van der Waals surface area contributed by atoms with Crippen LogP contribution in [-0.2, 0) is 17.9 Å². The van der Waals surface area contributed by atoms with Crippen LogP contribution in [0.4, 0.5) is 4.39 Å². The number of nitrogens with one attached hydrogen (secondary N) is 1. The molecule has 8 heteroatoms. The normalized spacial score (nSPS) is 23.2. The van der Waals surface area contributed by atoms with Crippen LogP contribution in [0.5, 0.6) is 0 Å². The quantitative estimate of drug-likeness (QED) is 0.548. The topological polar surface area (TPSA) is 87.5 Å². The molecule has 0 unspecified atom stereocenters. The van der Waals surface area contributed by atoms with E-state index < -0.39 is 11.7 Å². The molecule has 2 aliphatic rings. The molecule has 35 heavy (non-hydrogen) atoms. The number of fused-ring (bicyclic) bond motifs is 4. The maximum absolute atomic E-state index is 14.5. The van der Waals surface area contributed by atoms with Crippen molar-refractivity contribution < 1.29 is 14.3 Å². The summed E-state index contributed by atoms with van der Waals surface area (Å²) in [6.45, 7) is 3.30. The van der Waals surface area contributed by atoms with Gasteiger partial charge in [0.1, 0.15) is 5.82 Å². The van der Waals surface area contributed by atoms with Gasteiger partial charge in [-0.2, -0.15) is 0 Å². The summed E-state index contributed by atoms with van der Waals surface area (Å²) in [6.07, 6.45) is 2.56. The fourth-order valence-corrected chi connectivity index (χ4v) is 5.77. The zero-order valence-electron chi connectivity index (χ0n) is 19.6. The Balaban J connectivity index is 1.54. The van der Waals surface area contributed by atoms with Gasteiger partial charge >= 0.3 is 0 Å². The van der Waals surface area contributed by atoms with Gasteiger partial charge in [-0.05, 0) is 43.3 Å². The van der Waals surface area contributed by atoms with Gasteiger partial charge in [-0.15, -0.1) is 0 Å². The number of rotatable bonds is 7. The number of aromatic nitrogens is 2.